The highest BCUT2D eigenvalue weighted by atomic mass is 32.2. The zero-order chi connectivity index (χ0) is 20.1. The van der Waals surface area contributed by atoms with E-state index in [-0.39, 0.29) is 4.90 Å². The summed E-state index contributed by atoms with van der Waals surface area (Å²) in [4.78, 5) is 1.21. The zero-order valence-corrected chi connectivity index (χ0v) is 16.8. The number of anilines is 1. The minimum Gasteiger partial charge on any atom is -0.280 e. The molecule has 9 heteroatoms. The Morgan fingerprint density at radius 3 is 2.21 bits per heavy atom. The van der Waals surface area contributed by atoms with Crippen molar-refractivity contribution >= 4 is 27.5 Å². The van der Waals surface area contributed by atoms with E-state index in [1.807, 2.05) is 42.5 Å². The fourth-order valence-electron chi connectivity index (χ4n) is 2.65. The molecule has 0 saturated heterocycles. The molecule has 0 bridgehead atoms. The van der Waals surface area contributed by atoms with Crippen molar-refractivity contribution in [1.29, 1.82) is 0 Å². The summed E-state index contributed by atoms with van der Waals surface area (Å²) in [6, 6.07) is 25.2. The quantitative estimate of drug-likeness (QED) is 0.455. The molecule has 1 aromatic heterocycles. The summed E-state index contributed by atoms with van der Waals surface area (Å²) in [7, 11) is -3.60. The van der Waals surface area contributed by atoms with Gasteiger partial charge < -0.3 is 0 Å². The summed E-state index contributed by atoms with van der Waals surface area (Å²) in [5, 5.41) is 11.9. The van der Waals surface area contributed by atoms with Gasteiger partial charge in [-0.1, -0.05) is 36.4 Å². The molecular formula is C20H17N5O2S2. The number of aromatic nitrogens is 4. The predicted molar refractivity (Wildman–Crippen MR) is 112 cm³/mol. The van der Waals surface area contributed by atoms with Crippen LogP contribution in [-0.2, 0) is 15.8 Å². The smallest absolute Gasteiger partial charge is 0.261 e. The van der Waals surface area contributed by atoms with Crippen LogP contribution in [0, 0.1) is 0 Å². The van der Waals surface area contributed by atoms with E-state index in [0.717, 1.165) is 16.4 Å². The summed E-state index contributed by atoms with van der Waals surface area (Å²) >= 11 is 1.57. The van der Waals surface area contributed by atoms with Gasteiger partial charge in [-0.25, -0.2) is 8.42 Å². The molecule has 0 atom stereocenters. The van der Waals surface area contributed by atoms with Crippen LogP contribution in [0.2, 0.25) is 0 Å². The molecule has 0 saturated carbocycles. The molecule has 4 aromatic rings. The predicted octanol–water partition coefficient (Wildman–Crippen LogP) is 3.76. The van der Waals surface area contributed by atoms with E-state index in [2.05, 4.69) is 20.2 Å². The fraction of sp³-hybridized carbons (Fsp3) is 0.0500. The molecule has 0 spiro atoms. The maximum atomic E-state index is 12.4. The number of rotatable bonds is 7. The van der Waals surface area contributed by atoms with E-state index in [4.69, 9.17) is 0 Å². The first-order valence-corrected chi connectivity index (χ1v) is 11.2. The van der Waals surface area contributed by atoms with Crippen LogP contribution in [0.1, 0.15) is 5.82 Å². The molecule has 3 aromatic carbocycles. The van der Waals surface area contributed by atoms with E-state index >= 15 is 0 Å². The maximum absolute atomic E-state index is 12.4. The summed E-state index contributed by atoms with van der Waals surface area (Å²) in [6.07, 6.45) is 0. The van der Waals surface area contributed by atoms with Gasteiger partial charge in [0, 0.05) is 10.6 Å². The molecule has 29 heavy (non-hydrogen) atoms. The number of tetrazole rings is 1. The molecule has 0 aliphatic heterocycles. The lowest BCUT2D eigenvalue weighted by Gasteiger charge is -2.09. The van der Waals surface area contributed by atoms with Gasteiger partial charge in [0.25, 0.3) is 10.0 Å². The minimum atomic E-state index is -3.60. The van der Waals surface area contributed by atoms with Crippen LogP contribution >= 0.6 is 11.8 Å². The third kappa shape index (κ3) is 4.64. The second kappa shape index (κ2) is 8.46. The van der Waals surface area contributed by atoms with Gasteiger partial charge in [0.15, 0.2) is 5.82 Å². The highest BCUT2D eigenvalue weighted by Crippen LogP contribution is 2.25. The maximum Gasteiger partial charge on any atom is 0.261 e. The minimum absolute atomic E-state index is 0.228. The molecular weight excluding hydrogens is 406 g/mol. The van der Waals surface area contributed by atoms with E-state index in [0.29, 0.717) is 11.4 Å². The Balaban J connectivity index is 1.42. The van der Waals surface area contributed by atoms with E-state index in [1.165, 1.54) is 0 Å². The number of hydrogen-bond acceptors (Lipinski definition) is 6. The topological polar surface area (TPSA) is 89.8 Å². The Morgan fingerprint density at radius 2 is 1.52 bits per heavy atom. The largest absolute Gasteiger partial charge is 0.280 e. The lowest BCUT2D eigenvalue weighted by molar-refractivity contribution is 0.601. The van der Waals surface area contributed by atoms with E-state index in [1.54, 1.807) is 58.9 Å². The van der Waals surface area contributed by atoms with Gasteiger partial charge in [-0.2, -0.15) is 4.68 Å². The van der Waals surface area contributed by atoms with Gasteiger partial charge in [0.05, 0.1) is 16.3 Å². The fourth-order valence-corrected chi connectivity index (χ4v) is 4.53. The highest BCUT2D eigenvalue weighted by Gasteiger charge is 2.13. The van der Waals surface area contributed by atoms with Crippen LogP contribution < -0.4 is 4.72 Å². The van der Waals surface area contributed by atoms with Crippen molar-refractivity contribution in [1.82, 2.24) is 20.2 Å². The number of nitrogens with zero attached hydrogens (tertiary/aromatic N) is 4. The lowest BCUT2D eigenvalue weighted by atomic mass is 10.3. The normalized spacial score (nSPS) is 11.3. The van der Waals surface area contributed by atoms with Gasteiger partial charge >= 0.3 is 0 Å². The Kier molecular flexibility index (Phi) is 5.59. The highest BCUT2D eigenvalue weighted by molar-refractivity contribution is 7.98. The van der Waals surface area contributed by atoms with Gasteiger partial charge in [-0.15, -0.1) is 16.9 Å². The molecule has 7 nitrogen and oxygen atoms in total. The Morgan fingerprint density at radius 1 is 0.862 bits per heavy atom. The number of benzene rings is 3. The number of sulfonamides is 1. The number of hydrogen-bond donors (Lipinski definition) is 1. The standard InChI is InChI=1S/C20H17N5O2S2/c26-29(27,19-9-5-2-6-10-19)22-16-11-13-18(14-12-16)28-15-20-21-23-24-25(20)17-7-3-1-4-8-17/h1-14,22H,15H2. The molecule has 146 valence electrons. The molecule has 0 aliphatic carbocycles. The average Bonchev–Trinajstić information content (AvgIpc) is 3.23. The van der Waals surface area contributed by atoms with Crippen LogP contribution in [0.3, 0.4) is 0 Å². The number of nitrogens with one attached hydrogen (secondary N) is 1. The molecule has 4 rings (SSSR count). The summed E-state index contributed by atoms with van der Waals surface area (Å²) in [6.45, 7) is 0. The Hall–Kier alpha value is -3.17. The first-order chi connectivity index (χ1) is 14.1. The molecule has 0 fully saturated rings. The van der Waals surface area contributed by atoms with Crippen molar-refractivity contribution in [3.05, 3.63) is 90.8 Å². The molecule has 1 heterocycles. The average molecular weight is 424 g/mol. The van der Waals surface area contributed by atoms with Crippen molar-refractivity contribution in [2.24, 2.45) is 0 Å². The van der Waals surface area contributed by atoms with Crippen LogP contribution in [-0.4, -0.2) is 28.6 Å². The zero-order valence-electron chi connectivity index (χ0n) is 15.2. The molecule has 0 radical (unpaired) electrons. The van der Waals surface area contributed by atoms with Crippen molar-refractivity contribution in [2.75, 3.05) is 4.72 Å². The Labute approximate surface area is 172 Å². The monoisotopic (exact) mass is 423 g/mol. The summed E-state index contributed by atoms with van der Waals surface area (Å²) < 4.78 is 29.1. The summed E-state index contributed by atoms with van der Waals surface area (Å²) in [5.74, 6) is 1.31. The molecule has 0 unspecified atom stereocenters. The molecule has 1 N–H and O–H groups in total. The first kappa shape index (κ1) is 19.2. The third-order valence-corrected chi connectivity index (χ3v) is 6.47. The van der Waals surface area contributed by atoms with Crippen molar-refractivity contribution in [3.8, 4) is 5.69 Å². The molecule has 0 amide bonds. The van der Waals surface area contributed by atoms with Crippen molar-refractivity contribution in [2.45, 2.75) is 15.5 Å². The van der Waals surface area contributed by atoms with Gasteiger partial charge in [0.2, 0.25) is 0 Å². The van der Waals surface area contributed by atoms with Gasteiger partial charge in [0.1, 0.15) is 0 Å². The Bertz CT molecular complexity index is 1180. The third-order valence-electron chi connectivity index (χ3n) is 4.06. The van der Waals surface area contributed by atoms with E-state index in [9.17, 15) is 8.42 Å². The van der Waals surface area contributed by atoms with Gasteiger partial charge in [-0.05, 0) is 59.0 Å². The lowest BCUT2D eigenvalue weighted by Crippen LogP contribution is -2.12. The number of para-hydroxylation sites is 1. The summed E-state index contributed by atoms with van der Waals surface area (Å²) in [5.41, 5.74) is 1.41. The van der Waals surface area contributed by atoms with Crippen LogP contribution in [0.5, 0.6) is 0 Å². The first-order valence-electron chi connectivity index (χ1n) is 8.75. The van der Waals surface area contributed by atoms with Gasteiger partial charge in [-0.3, -0.25) is 4.72 Å². The second-order valence-corrected chi connectivity index (χ2v) is 8.81. The second-order valence-electron chi connectivity index (χ2n) is 6.07. The number of thioether (sulfide) groups is 1. The van der Waals surface area contributed by atoms with Crippen LogP contribution in [0.4, 0.5) is 5.69 Å². The van der Waals surface area contributed by atoms with Crippen molar-refractivity contribution < 1.29 is 8.42 Å². The SMILES string of the molecule is O=S(=O)(Nc1ccc(SCc2nnnn2-c2ccccc2)cc1)c1ccccc1. The van der Waals surface area contributed by atoms with Crippen LogP contribution in [0.15, 0.2) is 94.7 Å². The van der Waals surface area contributed by atoms with Crippen LogP contribution in [0.25, 0.3) is 5.69 Å². The van der Waals surface area contributed by atoms with Crippen molar-refractivity contribution in [3.63, 3.8) is 0 Å². The molecule has 0 aliphatic rings. The van der Waals surface area contributed by atoms with E-state index < -0.39 is 10.0 Å².